The molecule has 2 aliphatic heterocycles. The highest BCUT2D eigenvalue weighted by Gasteiger charge is 2.23. The summed E-state index contributed by atoms with van der Waals surface area (Å²) in [6.07, 6.45) is 4.06. The fraction of sp³-hybridized carbons (Fsp3) is 0.421. The van der Waals surface area contributed by atoms with Crippen LogP contribution in [-0.4, -0.2) is 61.3 Å². The molecule has 8 heteroatoms. The lowest BCUT2D eigenvalue weighted by molar-refractivity contribution is 0.122. The number of nitrogen functional groups attached to an aromatic ring is 1. The van der Waals surface area contributed by atoms with Crippen molar-refractivity contribution in [2.24, 2.45) is 0 Å². The van der Waals surface area contributed by atoms with Crippen LogP contribution in [0.1, 0.15) is 17.5 Å². The van der Waals surface area contributed by atoms with E-state index in [1.165, 1.54) is 0 Å². The number of rotatable bonds is 5. The smallest absolute Gasteiger partial charge is 0.225 e. The summed E-state index contributed by atoms with van der Waals surface area (Å²) < 4.78 is 16.7. The van der Waals surface area contributed by atoms with Crippen molar-refractivity contribution >= 4 is 17.2 Å². The highest BCUT2D eigenvalue weighted by atomic mass is 16.5. The van der Waals surface area contributed by atoms with Crippen LogP contribution < -0.4 is 15.4 Å². The molecule has 2 aliphatic rings. The van der Waals surface area contributed by atoms with Crippen LogP contribution in [0.2, 0.25) is 0 Å². The van der Waals surface area contributed by atoms with Crippen molar-refractivity contribution in [2.45, 2.75) is 12.5 Å². The van der Waals surface area contributed by atoms with Gasteiger partial charge in [-0.25, -0.2) is 9.97 Å². The molecule has 0 amide bonds. The number of aromatic nitrogens is 2. The van der Waals surface area contributed by atoms with E-state index in [-0.39, 0.29) is 11.8 Å². The molecule has 0 spiro atoms. The van der Waals surface area contributed by atoms with Gasteiger partial charge in [0, 0.05) is 43.2 Å². The summed E-state index contributed by atoms with van der Waals surface area (Å²) in [6.45, 7) is 4.14. The maximum absolute atomic E-state index is 8.73. The van der Waals surface area contributed by atoms with E-state index < -0.39 is 0 Å². The van der Waals surface area contributed by atoms with Gasteiger partial charge >= 0.3 is 0 Å². The summed E-state index contributed by atoms with van der Waals surface area (Å²) in [5, 5.41) is 8.73. The van der Waals surface area contributed by atoms with Crippen molar-refractivity contribution < 1.29 is 14.2 Å². The molecule has 0 aliphatic carbocycles. The van der Waals surface area contributed by atoms with E-state index in [2.05, 4.69) is 14.9 Å². The van der Waals surface area contributed by atoms with Crippen LogP contribution in [0.5, 0.6) is 5.88 Å². The van der Waals surface area contributed by atoms with Gasteiger partial charge in [0.25, 0.3) is 0 Å². The van der Waals surface area contributed by atoms with Gasteiger partial charge in [-0.05, 0) is 18.2 Å². The molecule has 2 fully saturated rings. The zero-order valence-electron chi connectivity index (χ0n) is 15.1. The predicted octanol–water partition coefficient (Wildman–Crippen LogP) is 1.48. The lowest BCUT2D eigenvalue weighted by Crippen LogP contribution is -2.36. The standard InChI is InChI=1S/C19H23N5O3/c20-15-2-5-23-19(27-14-3-8-26-12-14)17(15)18(21)13-1-4-22-16(11-13)24-6-9-25-10-7-24/h1-2,4-5,11,14,21H,3,6-10,12H2,(H2,20,23). The van der Waals surface area contributed by atoms with E-state index >= 15 is 0 Å². The zero-order chi connectivity index (χ0) is 18.6. The second-order valence-corrected chi connectivity index (χ2v) is 6.56. The number of nitrogens with two attached hydrogens (primary N) is 1. The molecule has 1 unspecified atom stereocenters. The van der Waals surface area contributed by atoms with Crippen LogP contribution in [0.3, 0.4) is 0 Å². The SMILES string of the molecule is N=C(c1ccnc(N2CCOCC2)c1)c1c(N)ccnc1OC1CCOC1. The van der Waals surface area contributed by atoms with E-state index in [4.69, 9.17) is 25.4 Å². The minimum atomic E-state index is -0.0628. The molecule has 2 aromatic rings. The molecule has 27 heavy (non-hydrogen) atoms. The molecule has 2 aromatic heterocycles. The average Bonchev–Trinajstić information content (AvgIpc) is 3.22. The monoisotopic (exact) mass is 369 g/mol. The maximum Gasteiger partial charge on any atom is 0.225 e. The lowest BCUT2D eigenvalue weighted by Gasteiger charge is -2.28. The summed E-state index contributed by atoms with van der Waals surface area (Å²) in [6, 6.07) is 5.40. The summed E-state index contributed by atoms with van der Waals surface area (Å²) >= 11 is 0. The number of nitrogens with zero attached hydrogens (tertiary/aromatic N) is 3. The first-order valence-electron chi connectivity index (χ1n) is 9.09. The van der Waals surface area contributed by atoms with Crippen LogP contribution in [0.15, 0.2) is 30.6 Å². The van der Waals surface area contributed by atoms with Gasteiger partial charge in [-0.2, -0.15) is 0 Å². The molecule has 142 valence electrons. The maximum atomic E-state index is 8.73. The largest absolute Gasteiger partial charge is 0.471 e. The van der Waals surface area contributed by atoms with Gasteiger partial charge in [-0.1, -0.05) is 0 Å². The first-order valence-corrected chi connectivity index (χ1v) is 9.09. The molecule has 0 saturated carbocycles. The van der Waals surface area contributed by atoms with Gasteiger partial charge in [0.15, 0.2) is 0 Å². The van der Waals surface area contributed by atoms with Crippen LogP contribution in [0, 0.1) is 5.41 Å². The first kappa shape index (κ1) is 17.7. The van der Waals surface area contributed by atoms with Gasteiger partial charge in [0.05, 0.1) is 37.7 Å². The van der Waals surface area contributed by atoms with Crippen molar-refractivity contribution in [3.05, 3.63) is 41.7 Å². The molecular formula is C19H23N5O3. The fourth-order valence-electron chi connectivity index (χ4n) is 3.24. The van der Waals surface area contributed by atoms with E-state index in [0.29, 0.717) is 43.6 Å². The third-order valence-corrected chi connectivity index (χ3v) is 4.73. The molecule has 1 atom stereocenters. The Balaban J connectivity index is 1.62. The van der Waals surface area contributed by atoms with Crippen molar-refractivity contribution in [3.63, 3.8) is 0 Å². The minimum absolute atomic E-state index is 0.0628. The second-order valence-electron chi connectivity index (χ2n) is 6.56. The number of morpholine rings is 1. The average molecular weight is 369 g/mol. The van der Waals surface area contributed by atoms with E-state index in [1.807, 2.05) is 6.07 Å². The van der Waals surface area contributed by atoms with Gasteiger partial charge in [-0.3, -0.25) is 5.41 Å². The van der Waals surface area contributed by atoms with Crippen LogP contribution in [0.25, 0.3) is 0 Å². The Morgan fingerprint density at radius 1 is 1.15 bits per heavy atom. The molecule has 2 saturated heterocycles. The van der Waals surface area contributed by atoms with Crippen molar-refractivity contribution in [1.29, 1.82) is 5.41 Å². The Bertz CT molecular complexity index is 817. The Morgan fingerprint density at radius 3 is 2.74 bits per heavy atom. The van der Waals surface area contributed by atoms with E-state index in [0.717, 1.165) is 30.9 Å². The quantitative estimate of drug-likeness (QED) is 0.769. The minimum Gasteiger partial charge on any atom is -0.471 e. The van der Waals surface area contributed by atoms with Crippen LogP contribution >= 0.6 is 0 Å². The van der Waals surface area contributed by atoms with Gasteiger partial charge in [-0.15, -0.1) is 0 Å². The van der Waals surface area contributed by atoms with Gasteiger partial charge in [0.2, 0.25) is 5.88 Å². The number of pyridine rings is 2. The number of hydrogen-bond donors (Lipinski definition) is 2. The molecule has 4 rings (SSSR count). The zero-order valence-corrected chi connectivity index (χ0v) is 15.1. The molecule has 3 N–H and O–H groups in total. The number of nitrogens with one attached hydrogen (secondary N) is 1. The molecule has 0 radical (unpaired) electrons. The molecular weight excluding hydrogens is 346 g/mol. The molecule has 0 bridgehead atoms. The Labute approximate surface area is 157 Å². The summed E-state index contributed by atoms with van der Waals surface area (Å²) in [5.41, 5.74) is 8.14. The van der Waals surface area contributed by atoms with Gasteiger partial charge < -0.3 is 24.8 Å². The second kappa shape index (κ2) is 7.89. The number of hydrogen-bond acceptors (Lipinski definition) is 8. The third-order valence-electron chi connectivity index (χ3n) is 4.73. The van der Waals surface area contributed by atoms with Gasteiger partial charge in [0.1, 0.15) is 11.9 Å². The summed E-state index contributed by atoms with van der Waals surface area (Å²) in [5.74, 6) is 1.20. The molecule has 0 aromatic carbocycles. The fourth-order valence-corrected chi connectivity index (χ4v) is 3.24. The molecule has 4 heterocycles. The van der Waals surface area contributed by atoms with Crippen LogP contribution in [-0.2, 0) is 9.47 Å². The topological polar surface area (TPSA) is 107 Å². The predicted molar refractivity (Wildman–Crippen MR) is 102 cm³/mol. The Morgan fingerprint density at radius 2 is 1.96 bits per heavy atom. The Hall–Kier alpha value is -2.71. The van der Waals surface area contributed by atoms with E-state index in [1.54, 1.807) is 24.5 Å². The number of ether oxygens (including phenoxy) is 3. The Kier molecular flexibility index (Phi) is 5.17. The van der Waals surface area contributed by atoms with Crippen molar-refractivity contribution in [2.75, 3.05) is 50.2 Å². The van der Waals surface area contributed by atoms with Crippen molar-refractivity contribution in [3.8, 4) is 5.88 Å². The van der Waals surface area contributed by atoms with Crippen molar-refractivity contribution in [1.82, 2.24) is 9.97 Å². The summed E-state index contributed by atoms with van der Waals surface area (Å²) in [7, 11) is 0. The normalized spacial score (nSPS) is 19.9. The molecule has 8 nitrogen and oxygen atoms in total. The first-order chi connectivity index (χ1) is 13.2. The number of anilines is 2. The van der Waals surface area contributed by atoms with E-state index in [9.17, 15) is 0 Å². The highest BCUT2D eigenvalue weighted by molar-refractivity contribution is 6.15. The highest BCUT2D eigenvalue weighted by Crippen LogP contribution is 2.28. The summed E-state index contributed by atoms with van der Waals surface area (Å²) in [4.78, 5) is 10.9. The third kappa shape index (κ3) is 3.86. The lowest BCUT2D eigenvalue weighted by atomic mass is 10.0. The van der Waals surface area contributed by atoms with Crippen LogP contribution in [0.4, 0.5) is 11.5 Å².